The Bertz CT molecular complexity index is 312. The van der Waals surface area contributed by atoms with Crippen LogP contribution in [-0.2, 0) is 19.0 Å². The molecule has 0 spiro atoms. The molecule has 0 atom stereocenters. The van der Waals surface area contributed by atoms with Crippen LogP contribution in [0.1, 0.15) is 6.42 Å². The molecule has 1 aliphatic carbocycles. The minimum atomic E-state index is -1.05. The van der Waals surface area contributed by atoms with Crippen LogP contribution in [-0.4, -0.2) is 38.2 Å². The van der Waals surface area contributed by atoms with Crippen molar-refractivity contribution in [2.45, 2.75) is 12.2 Å². The summed E-state index contributed by atoms with van der Waals surface area (Å²) in [6, 6.07) is 0. The Balaban J connectivity index is 3.08. The van der Waals surface area contributed by atoms with Gasteiger partial charge < -0.3 is 19.3 Å². The number of rotatable bonds is 4. The average molecular weight is 214 g/mol. The number of carbonyl (C=O) groups is 1. The highest BCUT2D eigenvalue weighted by atomic mass is 16.7. The van der Waals surface area contributed by atoms with Gasteiger partial charge in [0.15, 0.2) is 5.79 Å². The van der Waals surface area contributed by atoms with Gasteiger partial charge in [0.1, 0.15) is 5.76 Å². The highest BCUT2D eigenvalue weighted by Gasteiger charge is 2.34. The van der Waals surface area contributed by atoms with E-state index in [1.54, 1.807) is 0 Å². The lowest BCUT2D eigenvalue weighted by atomic mass is 10.00. The van der Waals surface area contributed by atoms with E-state index in [-0.39, 0.29) is 5.57 Å². The minimum Gasteiger partial charge on any atom is -0.501 e. The van der Waals surface area contributed by atoms with Crippen LogP contribution in [0.4, 0.5) is 0 Å². The van der Waals surface area contributed by atoms with Crippen LogP contribution in [0.3, 0.4) is 0 Å². The molecular weight excluding hydrogens is 200 g/mol. The van der Waals surface area contributed by atoms with Crippen LogP contribution < -0.4 is 0 Å². The first-order chi connectivity index (χ1) is 7.06. The zero-order chi connectivity index (χ0) is 11.5. The number of methoxy groups -OCH3 is 3. The van der Waals surface area contributed by atoms with Crippen molar-refractivity contribution in [3.05, 3.63) is 23.5 Å². The monoisotopic (exact) mass is 214 g/mol. The molecule has 0 fully saturated rings. The summed E-state index contributed by atoms with van der Waals surface area (Å²) in [4.78, 5) is 10.9. The fraction of sp³-hybridized carbons (Fsp3) is 0.500. The third-order valence-electron chi connectivity index (χ3n) is 2.31. The summed E-state index contributed by atoms with van der Waals surface area (Å²) in [7, 11) is 4.39. The van der Waals surface area contributed by atoms with E-state index in [4.69, 9.17) is 19.3 Å². The van der Waals surface area contributed by atoms with Crippen LogP contribution in [0.2, 0.25) is 0 Å². The van der Waals surface area contributed by atoms with Crippen molar-refractivity contribution in [3.63, 3.8) is 0 Å². The molecule has 0 saturated heterocycles. The van der Waals surface area contributed by atoms with E-state index in [1.165, 1.54) is 33.5 Å². The zero-order valence-corrected chi connectivity index (χ0v) is 8.94. The highest BCUT2D eigenvalue weighted by Crippen LogP contribution is 2.30. The van der Waals surface area contributed by atoms with Crippen LogP contribution >= 0.6 is 0 Å². The highest BCUT2D eigenvalue weighted by molar-refractivity contribution is 5.90. The molecule has 0 bridgehead atoms. The Labute approximate surface area is 87.9 Å². The van der Waals surface area contributed by atoms with Crippen molar-refractivity contribution in [1.29, 1.82) is 0 Å². The molecular formula is C10H14O5. The van der Waals surface area contributed by atoms with Crippen LogP contribution in [0.15, 0.2) is 23.5 Å². The number of hydrogen-bond donors (Lipinski definition) is 1. The number of hydrogen-bond acceptors (Lipinski definition) is 4. The maximum Gasteiger partial charge on any atom is 0.335 e. The second kappa shape index (κ2) is 4.46. The lowest BCUT2D eigenvalue weighted by molar-refractivity contribution is -0.175. The summed E-state index contributed by atoms with van der Waals surface area (Å²) in [6.45, 7) is 0. The van der Waals surface area contributed by atoms with Crippen LogP contribution in [0.25, 0.3) is 0 Å². The van der Waals surface area contributed by atoms with E-state index in [0.29, 0.717) is 12.2 Å². The number of ether oxygens (including phenoxy) is 3. The molecule has 0 aromatic heterocycles. The van der Waals surface area contributed by atoms with Gasteiger partial charge in [-0.25, -0.2) is 4.79 Å². The lowest BCUT2D eigenvalue weighted by Gasteiger charge is -2.31. The second-order valence-electron chi connectivity index (χ2n) is 3.12. The molecule has 0 aromatic carbocycles. The maximum absolute atomic E-state index is 10.9. The third kappa shape index (κ3) is 2.37. The Morgan fingerprint density at radius 2 is 2.00 bits per heavy atom. The minimum absolute atomic E-state index is 0.0989. The standard InChI is InChI=1S/C10H14O5/c1-13-8-4-7(9(11)12)5-10(6-8,14-2)15-3/h4-5H,6H2,1-3H3,(H,11,12). The predicted octanol–water partition coefficient (Wildman–Crippen LogP) is 0.920. The normalized spacial score (nSPS) is 19.1. The van der Waals surface area contributed by atoms with E-state index in [9.17, 15) is 4.79 Å². The van der Waals surface area contributed by atoms with Crippen molar-refractivity contribution in [1.82, 2.24) is 0 Å². The van der Waals surface area contributed by atoms with Gasteiger partial charge in [-0.15, -0.1) is 0 Å². The molecule has 0 aliphatic heterocycles. The Morgan fingerprint density at radius 3 is 2.40 bits per heavy atom. The van der Waals surface area contributed by atoms with E-state index in [1.807, 2.05) is 0 Å². The average Bonchev–Trinajstić information content (AvgIpc) is 2.28. The van der Waals surface area contributed by atoms with Crippen molar-refractivity contribution in [2.75, 3.05) is 21.3 Å². The molecule has 0 unspecified atom stereocenters. The van der Waals surface area contributed by atoms with Crippen LogP contribution in [0, 0.1) is 0 Å². The predicted molar refractivity (Wildman–Crippen MR) is 52.2 cm³/mol. The summed E-state index contributed by atoms with van der Waals surface area (Å²) in [5.41, 5.74) is 0.0989. The van der Waals surface area contributed by atoms with Crippen molar-refractivity contribution < 1.29 is 24.1 Å². The number of aliphatic carboxylic acids is 1. The largest absolute Gasteiger partial charge is 0.501 e. The molecule has 0 radical (unpaired) electrons. The number of carboxylic acids is 1. The Morgan fingerprint density at radius 1 is 1.40 bits per heavy atom. The lowest BCUT2D eigenvalue weighted by Crippen LogP contribution is -2.35. The molecule has 0 heterocycles. The van der Waals surface area contributed by atoms with Crippen molar-refractivity contribution in [3.8, 4) is 0 Å². The van der Waals surface area contributed by atoms with Gasteiger partial charge in [0, 0.05) is 14.2 Å². The zero-order valence-electron chi connectivity index (χ0n) is 8.94. The molecule has 0 amide bonds. The second-order valence-corrected chi connectivity index (χ2v) is 3.12. The van der Waals surface area contributed by atoms with E-state index in [2.05, 4.69) is 0 Å². The summed E-state index contributed by atoms with van der Waals surface area (Å²) in [6.07, 6.45) is 3.24. The molecule has 1 aliphatic rings. The van der Waals surface area contributed by atoms with Gasteiger partial charge in [0.25, 0.3) is 0 Å². The Hall–Kier alpha value is -1.33. The first-order valence-corrected chi connectivity index (χ1v) is 4.38. The summed E-state index contributed by atoms with van der Waals surface area (Å²) >= 11 is 0. The molecule has 1 rings (SSSR count). The molecule has 0 aromatic rings. The van der Waals surface area contributed by atoms with Crippen molar-refractivity contribution in [2.24, 2.45) is 0 Å². The fourth-order valence-electron chi connectivity index (χ4n) is 1.40. The molecule has 15 heavy (non-hydrogen) atoms. The first-order valence-electron chi connectivity index (χ1n) is 4.38. The first kappa shape index (κ1) is 11.7. The SMILES string of the molecule is COC1=CC(C(=O)O)=CC(OC)(OC)C1. The van der Waals surface area contributed by atoms with Gasteiger partial charge in [-0.05, 0) is 12.2 Å². The van der Waals surface area contributed by atoms with Gasteiger partial charge in [0.2, 0.25) is 0 Å². The molecule has 1 N–H and O–H groups in total. The quantitative estimate of drug-likeness (QED) is 0.705. The fourth-order valence-corrected chi connectivity index (χ4v) is 1.40. The summed E-state index contributed by atoms with van der Waals surface area (Å²) < 4.78 is 15.3. The Kier molecular flexibility index (Phi) is 3.49. The number of carboxylic acid groups (broad SMARTS) is 1. The van der Waals surface area contributed by atoms with E-state index < -0.39 is 11.8 Å². The van der Waals surface area contributed by atoms with Crippen molar-refractivity contribution >= 4 is 5.97 Å². The van der Waals surface area contributed by atoms with Gasteiger partial charge >= 0.3 is 5.97 Å². The molecule has 84 valence electrons. The summed E-state index contributed by atoms with van der Waals surface area (Å²) in [5.74, 6) is -1.57. The molecule has 5 nitrogen and oxygen atoms in total. The smallest absolute Gasteiger partial charge is 0.335 e. The summed E-state index contributed by atoms with van der Waals surface area (Å²) in [5, 5.41) is 8.90. The van der Waals surface area contributed by atoms with Gasteiger partial charge in [-0.3, -0.25) is 0 Å². The van der Waals surface area contributed by atoms with Gasteiger partial charge in [0.05, 0.1) is 19.1 Å². The van der Waals surface area contributed by atoms with Gasteiger partial charge in [-0.1, -0.05) is 0 Å². The third-order valence-corrected chi connectivity index (χ3v) is 2.31. The molecule has 5 heteroatoms. The topological polar surface area (TPSA) is 65.0 Å². The van der Waals surface area contributed by atoms with Gasteiger partial charge in [-0.2, -0.15) is 0 Å². The molecule has 0 saturated carbocycles. The van der Waals surface area contributed by atoms with E-state index in [0.717, 1.165) is 0 Å². The maximum atomic E-state index is 10.9. The van der Waals surface area contributed by atoms with E-state index >= 15 is 0 Å². The van der Waals surface area contributed by atoms with Crippen LogP contribution in [0.5, 0.6) is 0 Å².